The molecule has 6 nitrogen and oxygen atoms in total. The highest BCUT2D eigenvalue weighted by atomic mass is 16.2. The highest BCUT2D eigenvalue weighted by molar-refractivity contribution is 5.97. The average Bonchev–Trinajstić information content (AvgIpc) is 3.23. The Bertz CT molecular complexity index is 608. The zero-order chi connectivity index (χ0) is 15.7. The number of carbonyl (C=O) groups is 3. The van der Waals surface area contributed by atoms with E-state index in [0.29, 0.717) is 24.7 Å². The van der Waals surface area contributed by atoms with E-state index >= 15 is 0 Å². The van der Waals surface area contributed by atoms with Crippen LogP contribution in [0.1, 0.15) is 24.8 Å². The lowest BCUT2D eigenvalue weighted by Crippen LogP contribution is -2.29. The van der Waals surface area contributed by atoms with Gasteiger partial charge in [-0.15, -0.1) is 0 Å². The molecule has 3 N–H and O–H groups in total. The SMILES string of the molecule is NC(=O)Cc1ccc(NC(=O)C2CC(=O)N(C3CC3)C2)cc1. The van der Waals surface area contributed by atoms with E-state index in [0.717, 1.165) is 18.4 Å². The van der Waals surface area contributed by atoms with Crippen molar-refractivity contribution < 1.29 is 14.4 Å². The molecule has 1 aliphatic heterocycles. The van der Waals surface area contributed by atoms with Crippen LogP contribution in [-0.2, 0) is 20.8 Å². The summed E-state index contributed by atoms with van der Waals surface area (Å²) in [6, 6.07) is 7.36. The number of nitrogens with one attached hydrogen (secondary N) is 1. The second-order valence-electron chi connectivity index (χ2n) is 6.01. The molecule has 1 aromatic carbocycles. The van der Waals surface area contributed by atoms with E-state index < -0.39 is 0 Å². The molecule has 3 amide bonds. The number of rotatable bonds is 5. The molecule has 116 valence electrons. The largest absolute Gasteiger partial charge is 0.369 e. The van der Waals surface area contributed by atoms with Crippen molar-refractivity contribution in [1.82, 2.24) is 4.90 Å². The Morgan fingerprint density at radius 1 is 1.23 bits per heavy atom. The number of hydrogen-bond acceptors (Lipinski definition) is 3. The highest BCUT2D eigenvalue weighted by Gasteiger charge is 2.41. The lowest BCUT2D eigenvalue weighted by Gasteiger charge is -2.15. The van der Waals surface area contributed by atoms with Crippen LogP contribution in [0.4, 0.5) is 5.69 Å². The Morgan fingerprint density at radius 3 is 2.50 bits per heavy atom. The van der Waals surface area contributed by atoms with Crippen molar-refractivity contribution in [3.63, 3.8) is 0 Å². The fourth-order valence-electron chi connectivity index (χ4n) is 2.80. The fourth-order valence-corrected chi connectivity index (χ4v) is 2.80. The lowest BCUT2D eigenvalue weighted by atomic mass is 10.1. The maximum absolute atomic E-state index is 12.2. The molecule has 0 spiro atoms. The van der Waals surface area contributed by atoms with Crippen molar-refractivity contribution in [1.29, 1.82) is 0 Å². The molecule has 2 aliphatic rings. The topological polar surface area (TPSA) is 92.5 Å². The Balaban J connectivity index is 1.57. The summed E-state index contributed by atoms with van der Waals surface area (Å²) < 4.78 is 0. The number of hydrogen-bond donors (Lipinski definition) is 2. The minimum absolute atomic E-state index is 0.0828. The van der Waals surface area contributed by atoms with Gasteiger partial charge in [-0.25, -0.2) is 0 Å². The third kappa shape index (κ3) is 3.27. The standard InChI is InChI=1S/C16H19N3O3/c17-14(20)7-10-1-3-12(4-2-10)18-16(22)11-8-15(21)19(9-11)13-5-6-13/h1-4,11,13H,5-9H2,(H2,17,20)(H,18,22). The van der Waals surface area contributed by atoms with Gasteiger partial charge >= 0.3 is 0 Å². The van der Waals surface area contributed by atoms with Crippen molar-refractivity contribution in [2.75, 3.05) is 11.9 Å². The van der Waals surface area contributed by atoms with Crippen molar-refractivity contribution in [3.05, 3.63) is 29.8 Å². The lowest BCUT2D eigenvalue weighted by molar-refractivity contribution is -0.128. The Morgan fingerprint density at radius 2 is 1.91 bits per heavy atom. The molecule has 0 radical (unpaired) electrons. The van der Waals surface area contributed by atoms with Crippen molar-refractivity contribution in [2.45, 2.75) is 31.7 Å². The van der Waals surface area contributed by atoms with Gasteiger partial charge in [0.25, 0.3) is 0 Å². The maximum Gasteiger partial charge on any atom is 0.229 e. The Labute approximate surface area is 128 Å². The number of nitrogens with zero attached hydrogens (tertiary/aromatic N) is 1. The van der Waals surface area contributed by atoms with Crippen LogP contribution in [0.5, 0.6) is 0 Å². The van der Waals surface area contributed by atoms with Gasteiger partial charge in [0.15, 0.2) is 0 Å². The first-order valence-corrected chi connectivity index (χ1v) is 7.50. The van der Waals surface area contributed by atoms with Crippen LogP contribution in [0.15, 0.2) is 24.3 Å². The van der Waals surface area contributed by atoms with E-state index in [4.69, 9.17) is 5.73 Å². The van der Waals surface area contributed by atoms with Gasteiger partial charge in [-0.2, -0.15) is 0 Å². The molecule has 1 atom stereocenters. The summed E-state index contributed by atoms with van der Waals surface area (Å²) in [5.74, 6) is -0.710. The molecule has 1 aromatic rings. The van der Waals surface area contributed by atoms with E-state index in [1.54, 1.807) is 24.3 Å². The number of benzene rings is 1. The number of primary amides is 1. The fraction of sp³-hybridized carbons (Fsp3) is 0.438. The minimum atomic E-state index is -0.388. The quantitative estimate of drug-likeness (QED) is 0.837. The van der Waals surface area contributed by atoms with Crippen LogP contribution in [0.3, 0.4) is 0 Å². The van der Waals surface area contributed by atoms with Gasteiger partial charge < -0.3 is 16.0 Å². The first-order chi connectivity index (χ1) is 10.5. The molecule has 0 aromatic heterocycles. The van der Waals surface area contributed by atoms with Gasteiger partial charge in [0.1, 0.15) is 0 Å². The second-order valence-corrected chi connectivity index (χ2v) is 6.01. The maximum atomic E-state index is 12.2. The van der Waals surface area contributed by atoms with E-state index in [1.165, 1.54) is 0 Å². The molecule has 6 heteroatoms. The first-order valence-electron chi connectivity index (χ1n) is 7.50. The first kappa shape index (κ1) is 14.6. The summed E-state index contributed by atoms with van der Waals surface area (Å²) in [7, 11) is 0. The molecule has 2 fully saturated rings. The van der Waals surface area contributed by atoms with E-state index in [2.05, 4.69) is 5.32 Å². The third-order valence-electron chi connectivity index (χ3n) is 4.12. The number of anilines is 1. The molecule has 3 rings (SSSR count). The van der Waals surface area contributed by atoms with E-state index in [-0.39, 0.29) is 30.1 Å². The van der Waals surface area contributed by atoms with Crippen LogP contribution in [0.2, 0.25) is 0 Å². The summed E-state index contributed by atoms with van der Waals surface area (Å²) in [6.45, 7) is 0.523. The second kappa shape index (κ2) is 5.79. The average molecular weight is 301 g/mol. The van der Waals surface area contributed by atoms with Crippen molar-refractivity contribution in [3.8, 4) is 0 Å². The normalized spacial score (nSPS) is 21.0. The smallest absolute Gasteiger partial charge is 0.229 e. The van der Waals surface area contributed by atoms with Gasteiger partial charge in [0, 0.05) is 24.7 Å². The molecule has 1 unspecified atom stereocenters. The van der Waals surface area contributed by atoms with Gasteiger partial charge in [0.2, 0.25) is 17.7 Å². The predicted molar refractivity (Wildman–Crippen MR) is 80.8 cm³/mol. The molecular weight excluding hydrogens is 282 g/mol. The highest BCUT2D eigenvalue weighted by Crippen LogP contribution is 2.32. The molecular formula is C16H19N3O3. The summed E-state index contributed by atoms with van der Waals surface area (Å²) >= 11 is 0. The summed E-state index contributed by atoms with van der Waals surface area (Å²) in [5, 5.41) is 2.83. The number of nitrogens with two attached hydrogens (primary N) is 1. The number of likely N-dealkylation sites (tertiary alicyclic amines) is 1. The zero-order valence-electron chi connectivity index (χ0n) is 12.2. The van der Waals surface area contributed by atoms with Crippen molar-refractivity contribution >= 4 is 23.4 Å². The predicted octanol–water partition coefficient (Wildman–Crippen LogP) is 0.664. The van der Waals surface area contributed by atoms with E-state index in [9.17, 15) is 14.4 Å². The van der Waals surface area contributed by atoms with E-state index in [1.807, 2.05) is 4.90 Å². The number of amides is 3. The van der Waals surface area contributed by atoms with Crippen LogP contribution in [-0.4, -0.2) is 35.2 Å². The van der Waals surface area contributed by atoms with Gasteiger partial charge in [-0.3, -0.25) is 14.4 Å². The van der Waals surface area contributed by atoms with Crippen LogP contribution < -0.4 is 11.1 Å². The third-order valence-corrected chi connectivity index (χ3v) is 4.12. The number of carbonyl (C=O) groups excluding carboxylic acids is 3. The Hall–Kier alpha value is -2.37. The molecule has 22 heavy (non-hydrogen) atoms. The minimum Gasteiger partial charge on any atom is -0.369 e. The van der Waals surface area contributed by atoms with Crippen LogP contribution in [0.25, 0.3) is 0 Å². The van der Waals surface area contributed by atoms with Crippen LogP contribution in [0, 0.1) is 5.92 Å². The molecule has 0 bridgehead atoms. The van der Waals surface area contributed by atoms with Gasteiger partial charge in [0.05, 0.1) is 12.3 Å². The monoisotopic (exact) mass is 301 g/mol. The molecule has 1 saturated carbocycles. The Kier molecular flexibility index (Phi) is 3.83. The van der Waals surface area contributed by atoms with Crippen LogP contribution >= 0.6 is 0 Å². The molecule has 1 aliphatic carbocycles. The van der Waals surface area contributed by atoms with Gasteiger partial charge in [-0.05, 0) is 30.5 Å². The van der Waals surface area contributed by atoms with Gasteiger partial charge in [-0.1, -0.05) is 12.1 Å². The summed E-state index contributed by atoms with van der Waals surface area (Å²) in [4.78, 5) is 36.8. The van der Waals surface area contributed by atoms with Crippen molar-refractivity contribution in [2.24, 2.45) is 11.7 Å². The summed E-state index contributed by atoms with van der Waals surface area (Å²) in [6.07, 6.45) is 2.59. The zero-order valence-corrected chi connectivity index (χ0v) is 12.2. The molecule has 1 saturated heterocycles. The summed E-state index contributed by atoms with van der Waals surface area (Å²) in [5.41, 5.74) is 6.61. The molecule has 1 heterocycles.